The molecule has 0 aliphatic heterocycles. The quantitative estimate of drug-likeness (QED) is 0.724. The van der Waals surface area contributed by atoms with Gasteiger partial charge in [0, 0.05) is 13.2 Å². The predicted octanol–water partition coefficient (Wildman–Crippen LogP) is 0.324. The maximum absolute atomic E-state index is 11.8. The first-order chi connectivity index (χ1) is 9.70. The first-order valence-electron chi connectivity index (χ1n) is 5.68. The molecule has 0 atom stereocenters. The van der Waals surface area contributed by atoms with Crippen LogP contribution in [0.1, 0.15) is 10.5 Å². The molecule has 2 rings (SSSR count). The number of nitrogen functional groups attached to an aromatic ring is 1. The van der Waals surface area contributed by atoms with E-state index in [0.29, 0.717) is 24.8 Å². The fourth-order valence-corrected chi connectivity index (χ4v) is 1.31. The smallest absolute Gasteiger partial charge is 0.281 e. The van der Waals surface area contributed by atoms with E-state index < -0.39 is 5.91 Å². The molecular weight excluding hydrogens is 266 g/mol. The Kier molecular flexibility index (Phi) is 4.45. The van der Waals surface area contributed by atoms with E-state index in [1.807, 2.05) is 0 Å². The number of aromatic nitrogens is 3. The summed E-state index contributed by atoms with van der Waals surface area (Å²) in [4.78, 5) is 15.8. The molecule has 9 nitrogen and oxygen atoms in total. The molecule has 2 aromatic rings. The standard InChI is InChI=1S/C11H13N5O4/c1-18-4-5-19-8-3-2-7(6-13-8)14-11(17)9-10(12)16-20-15-9/h2-3,6H,4-5H2,1H3,(H2,12,16)(H,14,17). The van der Waals surface area contributed by atoms with Gasteiger partial charge in [0.25, 0.3) is 5.91 Å². The third kappa shape index (κ3) is 3.42. The summed E-state index contributed by atoms with van der Waals surface area (Å²) in [5.74, 6) is -0.170. The predicted molar refractivity (Wildman–Crippen MR) is 68.3 cm³/mol. The van der Waals surface area contributed by atoms with Crippen LogP contribution < -0.4 is 15.8 Å². The molecule has 0 fully saturated rings. The van der Waals surface area contributed by atoms with Crippen LogP contribution in [-0.4, -0.2) is 41.5 Å². The van der Waals surface area contributed by atoms with Crippen molar-refractivity contribution in [1.29, 1.82) is 0 Å². The van der Waals surface area contributed by atoms with Crippen molar-refractivity contribution < 1.29 is 18.9 Å². The van der Waals surface area contributed by atoms with E-state index in [1.165, 1.54) is 6.20 Å². The van der Waals surface area contributed by atoms with Gasteiger partial charge in [-0.1, -0.05) is 0 Å². The van der Waals surface area contributed by atoms with Gasteiger partial charge < -0.3 is 20.5 Å². The number of carbonyl (C=O) groups excluding carboxylic acids is 1. The maximum atomic E-state index is 11.8. The Morgan fingerprint density at radius 1 is 1.40 bits per heavy atom. The molecule has 0 unspecified atom stereocenters. The fourth-order valence-electron chi connectivity index (χ4n) is 1.31. The highest BCUT2D eigenvalue weighted by molar-refractivity contribution is 6.05. The van der Waals surface area contributed by atoms with Crippen LogP contribution in [0, 0.1) is 0 Å². The van der Waals surface area contributed by atoms with E-state index in [1.54, 1.807) is 19.2 Å². The fraction of sp³-hybridized carbons (Fsp3) is 0.273. The van der Waals surface area contributed by atoms with E-state index in [9.17, 15) is 4.79 Å². The number of methoxy groups -OCH3 is 1. The Morgan fingerprint density at radius 2 is 2.25 bits per heavy atom. The summed E-state index contributed by atoms with van der Waals surface area (Å²) in [6.07, 6.45) is 1.45. The Morgan fingerprint density at radius 3 is 2.85 bits per heavy atom. The molecule has 3 N–H and O–H groups in total. The summed E-state index contributed by atoms with van der Waals surface area (Å²) in [7, 11) is 1.58. The first-order valence-corrected chi connectivity index (χ1v) is 5.68. The highest BCUT2D eigenvalue weighted by Crippen LogP contribution is 2.13. The number of carbonyl (C=O) groups is 1. The third-order valence-electron chi connectivity index (χ3n) is 2.26. The second-order valence-electron chi connectivity index (χ2n) is 3.68. The van der Waals surface area contributed by atoms with Gasteiger partial charge in [0.1, 0.15) is 6.61 Å². The number of ether oxygens (including phenoxy) is 2. The average Bonchev–Trinajstić information content (AvgIpc) is 2.87. The normalized spacial score (nSPS) is 10.2. The molecule has 0 spiro atoms. The van der Waals surface area contributed by atoms with Gasteiger partial charge in [0.2, 0.25) is 17.4 Å². The molecule has 20 heavy (non-hydrogen) atoms. The van der Waals surface area contributed by atoms with Gasteiger partial charge in [-0.2, -0.15) is 0 Å². The monoisotopic (exact) mass is 279 g/mol. The number of rotatable bonds is 6. The van der Waals surface area contributed by atoms with Gasteiger partial charge in [-0.25, -0.2) is 9.61 Å². The first kappa shape index (κ1) is 13.7. The lowest BCUT2D eigenvalue weighted by molar-refractivity contribution is 0.101. The largest absolute Gasteiger partial charge is 0.475 e. The van der Waals surface area contributed by atoms with Crippen LogP contribution in [0.2, 0.25) is 0 Å². The molecule has 0 radical (unpaired) electrons. The molecule has 0 bridgehead atoms. The number of nitrogens with zero attached hydrogens (tertiary/aromatic N) is 3. The van der Waals surface area contributed by atoms with Crippen LogP contribution in [0.4, 0.5) is 11.5 Å². The molecule has 0 saturated heterocycles. The van der Waals surface area contributed by atoms with Crippen molar-refractivity contribution in [2.75, 3.05) is 31.4 Å². The van der Waals surface area contributed by atoms with Crippen LogP contribution in [0.5, 0.6) is 5.88 Å². The maximum Gasteiger partial charge on any atom is 0.281 e. The summed E-state index contributed by atoms with van der Waals surface area (Å²) in [6.45, 7) is 0.870. The van der Waals surface area contributed by atoms with E-state index in [4.69, 9.17) is 15.2 Å². The lowest BCUT2D eigenvalue weighted by Crippen LogP contribution is -2.14. The lowest BCUT2D eigenvalue weighted by atomic mass is 10.3. The van der Waals surface area contributed by atoms with Crippen LogP contribution in [0.3, 0.4) is 0 Å². The molecular formula is C11H13N5O4. The highest BCUT2D eigenvalue weighted by Gasteiger charge is 2.16. The molecule has 1 amide bonds. The van der Waals surface area contributed by atoms with Crippen molar-refractivity contribution in [3.8, 4) is 5.88 Å². The second kappa shape index (κ2) is 6.48. The summed E-state index contributed by atoms with van der Waals surface area (Å²) in [5, 5.41) is 9.27. The minimum absolute atomic E-state index is 0.0741. The van der Waals surface area contributed by atoms with Crippen molar-refractivity contribution in [2.45, 2.75) is 0 Å². The summed E-state index contributed by atoms with van der Waals surface area (Å²) >= 11 is 0. The SMILES string of the molecule is COCCOc1ccc(NC(=O)c2nonc2N)cn1. The lowest BCUT2D eigenvalue weighted by Gasteiger charge is -2.06. The van der Waals surface area contributed by atoms with Gasteiger partial charge >= 0.3 is 0 Å². The number of anilines is 2. The van der Waals surface area contributed by atoms with E-state index in [-0.39, 0.29) is 11.5 Å². The Balaban J connectivity index is 1.93. The van der Waals surface area contributed by atoms with Crippen molar-refractivity contribution in [2.24, 2.45) is 0 Å². The van der Waals surface area contributed by atoms with E-state index in [0.717, 1.165) is 0 Å². The number of nitrogens with one attached hydrogen (secondary N) is 1. The molecule has 9 heteroatoms. The molecule has 0 aliphatic rings. The van der Waals surface area contributed by atoms with Crippen LogP contribution >= 0.6 is 0 Å². The van der Waals surface area contributed by atoms with Crippen LogP contribution in [-0.2, 0) is 4.74 Å². The summed E-state index contributed by atoms with van der Waals surface area (Å²) < 4.78 is 14.5. The third-order valence-corrected chi connectivity index (χ3v) is 2.26. The summed E-state index contributed by atoms with van der Waals surface area (Å²) in [5.41, 5.74) is 5.80. The Hall–Kier alpha value is -2.68. The second-order valence-corrected chi connectivity index (χ2v) is 3.68. The minimum atomic E-state index is -0.529. The van der Waals surface area contributed by atoms with Gasteiger partial charge in [-0.15, -0.1) is 0 Å². The zero-order valence-electron chi connectivity index (χ0n) is 10.7. The Labute approximate surface area is 114 Å². The number of pyridine rings is 1. The molecule has 0 aromatic carbocycles. The van der Waals surface area contributed by atoms with Crippen molar-refractivity contribution in [1.82, 2.24) is 15.3 Å². The molecule has 2 aromatic heterocycles. The molecule has 2 heterocycles. The molecule has 0 aliphatic carbocycles. The minimum Gasteiger partial charge on any atom is -0.475 e. The molecule has 0 saturated carbocycles. The average molecular weight is 279 g/mol. The van der Waals surface area contributed by atoms with Gasteiger partial charge in [0.15, 0.2) is 0 Å². The zero-order chi connectivity index (χ0) is 14.4. The van der Waals surface area contributed by atoms with Crippen molar-refractivity contribution in [3.05, 3.63) is 24.0 Å². The van der Waals surface area contributed by atoms with E-state index in [2.05, 4.69) is 25.2 Å². The number of nitrogens with two attached hydrogens (primary N) is 1. The number of amides is 1. The highest BCUT2D eigenvalue weighted by atomic mass is 16.6. The zero-order valence-corrected chi connectivity index (χ0v) is 10.7. The van der Waals surface area contributed by atoms with Gasteiger partial charge in [-0.05, 0) is 16.4 Å². The number of hydrogen-bond donors (Lipinski definition) is 2. The van der Waals surface area contributed by atoms with Gasteiger partial charge in [0.05, 0.1) is 18.5 Å². The topological polar surface area (TPSA) is 125 Å². The van der Waals surface area contributed by atoms with Crippen molar-refractivity contribution in [3.63, 3.8) is 0 Å². The van der Waals surface area contributed by atoms with Crippen LogP contribution in [0.15, 0.2) is 23.0 Å². The van der Waals surface area contributed by atoms with E-state index >= 15 is 0 Å². The van der Waals surface area contributed by atoms with Crippen molar-refractivity contribution >= 4 is 17.4 Å². The van der Waals surface area contributed by atoms with Crippen LogP contribution in [0.25, 0.3) is 0 Å². The summed E-state index contributed by atoms with van der Waals surface area (Å²) in [6, 6.07) is 3.26. The molecule has 106 valence electrons. The Bertz CT molecular complexity index is 568. The van der Waals surface area contributed by atoms with Gasteiger partial charge in [-0.3, -0.25) is 4.79 Å². The number of hydrogen-bond acceptors (Lipinski definition) is 8.